The van der Waals surface area contributed by atoms with Crippen LogP contribution in [0.5, 0.6) is 0 Å². The van der Waals surface area contributed by atoms with Gasteiger partial charge in [0.05, 0.1) is 10.4 Å². The number of nitrogens with two attached hydrogens (primary N) is 1. The number of primary amides is 1. The monoisotopic (exact) mass is 212 g/mol. The molecule has 0 fully saturated rings. The molecule has 0 spiro atoms. The Morgan fingerprint density at radius 2 is 2.36 bits per heavy atom. The van der Waals surface area contributed by atoms with E-state index in [1.54, 1.807) is 0 Å². The van der Waals surface area contributed by atoms with Crippen molar-refractivity contribution >= 4 is 29.3 Å². The first-order chi connectivity index (χ1) is 6.61. The Balaban J connectivity index is 2.76. The minimum absolute atomic E-state index is 0.00396. The van der Waals surface area contributed by atoms with Crippen molar-refractivity contribution in [3.63, 3.8) is 0 Å². The van der Waals surface area contributed by atoms with Crippen molar-refractivity contribution in [1.29, 1.82) is 0 Å². The SMILES string of the molecule is NC(=O)CC=Cc1scnc1C(=O)O. The van der Waals surface area contributed by atoms with Crippen molar-refractivity contribution in [1.82, 2.24) is 4.98 Å². The van der Waals surface area contributed by atoms with Gasteiger partial charge in [-0.05, 0) is 6.08 Å². The topological polar surface area (TPSA) is 93.3 Å². The van der Waals surface area contributed by atoms with Gasteiger partial charge in [0.1, 0.15) is 0 Å². The number of carbonyl (C=O) groups excluding carboxylic acids is 1. The first-order valence-electron chi connectivity index (χ1n) is 3.73. The molecule has 1 amide bonds. The second kappa shape index (κ2) is 4.52. The van der Waals surface area contributed by atoms with Gasteiger partial charge < -0.3 is 10.8 Å². The fourth-order valence-corrected chi connectivity index (χ4v) is 1.51. The Hall–Kier alpha value is -1.69. The Morgan fingerprint density at radius 3 is 2.93 bits per heavy atom. The molecule has 14 heavy (non-hydrogen) atoms. The molecule has 1 aromatic heterocycles. The van der Waals surface area contributed by atoms with Crippen molar-refractivity contribution < 1.29 is 14.7 Å². The maximum absolute atomic E-state index is 10.6. The zero-order valence-electron chi connectivity index (χ0n) is 7.14. The number of amides is 1. The van der Waals surface area contributed by atoms with Crippen LogP contribution in [0, 0.1) is 0 Å². The molecule has 6 heteroatoms. The molecule has 0 unspecified atom stereocenters. The summed E-state index contributed by atoms with van der Waals surface area (Å²) in [5, 5.41) is 8.68. The molecule has 0 aliphatic rings. The molecule has 0 atom stereocenters. The lowest BCUT2D eigenvalue weighted by Crippen LogP contribution is -2.07. The molecular weight excluding hydrogens is 204 g/mol. The highest BCUT2D eigenvalue weighted by atomic mass is 32.1. The number of carboxylic acid groups (broad SMARTS) is 1. The summed E-state index contributed by atoms with van der Waals surface area (Å²) in [6.45, 7) is 0. The molecule has 74 valence electrons. The Labute approximate surface area is 83.9 Å². The predicted molar refractivity (Wildman–Crippen MR) is 51.9 cm³/mol. The summed E-state index contributed by atoms with van der Waals surface area (Å²) in [5.41, 5.74) is 6.34. The van der Waals surface area contributed by atoms with E-state index in [4.69, 9.17) is 10.8 Å². The lowest BCUT2D eigenvalue weighted by molar-refractivity contribution is -0.117. The van der Waals surface area contributed by atoms with Crippen molar-refractivity contribution in [2.24, 2.45) is 5.73 Å². The lowest BCUT2D eigenvalue weighted by atomic mass is 10.3. The van der Waals surface area contributed by atoms with E-state index in [1.807, 2.05) is 0 Å². The molecule has 0 aromatic carbocycles. The van der Waals surface area contributed by atoms with Crippen LogP contribution in [0.3, 0.4) is 0 Å². The third-order valence-electron chi connectivity index (χ3n) is 1.39. The molecule has 1 rings (SSSR count). The summed E-state index contributed by atoms with van der Waals surface area (Å²) < 4.78 is 0. The van der Waals surface area contributed by atoms with Crippen LogP contribution in [0.25, 0.3) is 6.08 Å². The maximum atomic E-state index is 10.6. The van der Waals surface area contributed by atoms with E-state index in [-0.39, 0.29) is 12.1 Å². The van der Waals surface area contributed by atoms with Crippen molar-refractivity contribution in [3.8, 4) is 0 Å². The van der Waals surface area contributed by atoms with Crippen molar-refractivity contribution in [3.05, 3.63) is 22.2 Å². The molecule has 0 saturated heterocycles. The summed E-state index contributed by atoms with van der Waals surface area (Å²) in [4.78, 5) is 25.2. The van der Waals surface area contributed by atoms with Gasteiger partial charge in [-0.1, -0.05) is 6.08 Å². The van der Waals surface area contributed by atoms with E-state index in [9.17, 15) is 9.59 Å². The fraction of sp³-hybridized carbons (Fsp3) is 0.125. The number of thiazole rings is 1. The van der Waals surface area contributed by atoms with Crippen molar-refractivity contribution in [2.45, 2.75) is 6.42 Å². The van der Waals surface area contributed by atoms with Gasteiger partial charge in [0.15, 0.2) is 5.69 Å². The van der Waals surface area contributed by atoms with Crippen LogP contribution in [-0.4, -0.2) is 22.0 Å². The third-order valence-corrected chi connectivity index (χ3v) is 2.18. The number of aromatic nitrogens is 1. The molecular formula is C8H8N2O3S. The smallest absolute Gasteiger partial charge is 0.356 e. The molecule has 0 aliphatic heterocycles. The number of hydrogen-bond donors (Lipinski definition) is 2. The van der Waals surface area contributed by atoms with Gasteiger partial charge in [-0.25, -0.2) is 9.78 Å². The Morgan fingerprint density at radius 1 is 1.64 bits per heavy atom. The summed E-state index contributed by atoms with van der Waals surface area (Å²) in [6.07, 6.45) is 3.14. The molecule has 3 N–H and O–H groups in total. The summed E-state index contributed by atoms with van der Waals surface area (Å²) in [6, 6.07) is 0. The largest absolute Gasteiger partial charge is 0.476 e. The van der Waals surface area contributed by atoms with Crippen LogP contribution >= 0.6 is 11.3 Å². The molecule has 0 saturated carbocycles. The molecule has 5 nitrogen and oxygen atoms in total. The highest BCUT2D eigenvalue weighted by Crippen LogP contribution is 2.15. The van der Waals surface area contributed by atoms with E-state index in [0.29, 0.717) is 4.88 Å². The van der Waals surface area contributed by atoms with E-state index in [2.05, 4.69) is 4.98 Å². The summed E-state index contributed by atoms with van der Waals surface area (Å²) in [5.74, 6) is -1.53. The van der Waals surface area contributed by atoms with Gasteiger partial charge in [-0.3, -0.25) is 4.79 Å². The van der Waals surface area contributed by atoms with E-state index >= 15 is 0 Å². The van der Waals surface area contributed by atoms with E-state index < -0.39 is 11.9 Å². The van der Waals surface area contributed by atoms with Gasteiger partial charge in [0, 0.05) is 6.42 Å². The minimum Gasteiger partial charge on any atom is -0.476 e. The lowest BCUT2D eigenvalue weighted by Gasteiger charge is -1.89. The van der Waals surface area contributed by atoms with Gasteiger partial charge in [0.25, 0.3) is 0 Å². The zero-order chi connectivity index (χ0) is 10.6. The van der Waals surface area contributed by atoms with E-state index in [1.165, 1.54) is 29.0 Å². The minimum atomic E-state index is -1.08. The number of carboxylic acids is 1. The molecule has 0 radical (unpaired) electrons. The Kier molecular flexibility index (Phi) is 3.35. The van der Waals surface area contributed by atoms with Gasteiger partial charge in [-0.2, -0.15) is 0 Å². The summed E-state index contributed by atoms with van der Waals surface area (Å²) >= 11 is 1.20. The first-order valence-corrected chi connectivity index (χ1v) is 4.61. The number of carbonyl (C=O) groups is 2. The average Bonchev–Trinajstić information content (AvgIpc) is 2.51. The number of nitrogens with zero attached hydrogens (tertiary/aromatic N) is 1. The van der Waals surface area contributed by atoms with Gasteiger partial charge >= 0.3 is 5.97 Å². The van der Waals surface area contributed by atoms with Crippen LogP contribution in [0.15, 0.2) is 11.6 Å². The first kappa shape index (κ1) is 10.4. The quantitative estimate of drug-likeness (QED) is 0.769. The maximum Gasteiger partial charge on any atom is 0.356 e. The third kappa shape index (κ3) is 2.67. The number of aromatic carboxylic acids is 1. The van der Waals surface area contributed by atoms with Gasteiger partial charge in [-0.15, -0.1) is 11.3 Å². The highest BCUT2D eigenvalue weighted by molar-refractivity contribution is 7.10. The average molecular weight is 212 g/mol. The van der Waals surface area contributed by atoms with Crippen LogP contribution < -0.4 is 5.73 Å². The molecule has 0 aliphatic carbocycles. The Bertz CT molecular complexity index is 384. The number of rotatable bonds is 4. The van der Waals surface area contributed by atoms with Gasteiger partial charge in [0.2, 0.25) is 5.91 Å². The molecule has 0 bridgehead atoms. The molecule has 1 heterocycles. The highest BCUT2D eigenvalue weighted by Gasteiger charge is 2.10. The summed E-state index contributed by atoms with van der Waals surface area (Å²) in [7, 11) is 0. The fourth-order valence-electron chi connectivity index (χ4n) is 0.816. The second-order valence-electron chi connectivity index (χ2n) is 2.44. The molecule has 1 aromatic rings. The van der Waals surface area contributed by atoms with Crippen molar-refractivity contribution in [2.75, 3.05) is 0 Å². The van der Waals surface area contributed by atoms with Crippen LogP contribution in [-0.2, 0) is 4.79 Å². The van der Waals surface area contributed by atoms with Crippen LogP contribution in [0.1, 0.15) is 21.8 Å². The number of hydrogen-bond acceptors (Lipinski definition) is 4. The zero-order valence-corrected chi connectivity index (χ0v) is 7.95. The normalized spacial score (nSPS) is 10.6. The van der Waals surface area contributed by atoms with Crippen LogP contribution in [0.2, 0.25) is 0 Å². The van der Waals surface area contributed by atoms with E-state index in [0.717, 1.165) is 0 Å². The second-order valence-corrected chi connectivity index (χ2v) is 3.33. The van der Waals surface area contributed by atoms with Crippen LogP contribution in [0.4, 0.5) is 0 Å². The standard InChI is InChI=1S/C8H8N2O3S/c9-6(11)3-1-2-5-7(8(12)13)10-4-14-5/h1-2,4H,3H2,(H2,9,11)(H,12,13). The predicted octanol–water partition coefficient (Wildman–Crippen LogP) is 0.730.